The lowest BCUT2D eigenvalue weighted by molar-refractivity contribution is -0.255. The molecule has 152 valence electrons. The van der Waals surface area contributed by atoms with Crippen LogP contribution in [0.25, 0.3) is 17.4 Å². The number of furan rings is 1. The smallest absolute Gasteiger partial charge is 0.271 e. The summed E-state index contributed by atoms with van der Waals surface area (Å²) < 4.78 is 5.83. The van der Waals surface area contributed by atoms with E-state index in [2.05, 4.69) is 0 Å². The molecule has 2 amide bonds. The second-order valence-electron chi connectivity index (χ2n) is 7.29. The maximum absolute atomic E-state index is 12.5. The van der Waals surface area contributed by atoms with E-state index in [4.69, 9.17) is 4.42 Å². The fourth-order valence-corrected chi connectivity index (χ4v) is 3.31. The lowest BCUT2D eigenvalue weighted by Gasteiger charge is -2.23. The molecule has 30 heavy (non-hydrogen) atoms. The van der Waals surface area contributed by atoms with E-state index < -0.39 is 17.8 Å². The van der Waals surface area contributed by atoms with E-state index in [9.17, 15) is 24.8 Å². The van der Waals surface area contributed by atoms with Crippen molar-refractivity contribution in [1.29, 1.82) is 5.26 Å². The van der Waals surface area contributed by atoms with Gasteiger partial charge in [-0.3, -0.25) is 14.5 Å². The number of hydrogen-bond donors (Lipinski definition) is 0. The molecular weight excluding hydrogens is 384 g/mol. The predicted octanol–water partition coefficient (Wildman–Crippen LogP) is 2.66. The van der Waals surface area contributed by atoms with Crippen molar-refractivity contribution >= 4 is 23.9 Å². The molecule has 0 saturated heterocycles. The number of hydrogen-bond acceptors (Lipinski definition) is 6. The van der Waals surface area contributed by atoms with E-state index in [-0.39, 0.29) is 22.6 Å². The number of rotatable bonds is 4. The number of likely N-dealkylation sites (N-methyl/N-ethyl adjacent to an activating group) is 1. The predicted molar refractivity (Wildman–Crippen MR) is 107 cm³/mol. The van der Waals surface area contributed by atoms with Gasteiger partial charge in [0.25, 0.3) is 11.8 Å². The number of benzene rings is 1. The topological polar surface area (TPSA) is 114 Å². The van der Waals surface area contributed by atoms with Crippen LogP contribution < -0.4 is 5.11 Å². The second kappa shape index (κ2) is 7.84. The van der Waals surface area contributed by atoms with Gasteiger partial charge in [0.15, 0.2) is 0 Å². The van der Waals surface area contributed by atoms with Gasteiger partial charge in [-0.05, 0) is 48.3 Å². The molecule has 7 heteroatoms. The summed E-state index contributed by atoms with van der Waals surface area (Å²) in [5.41, 5.74) is 1.85. The van der Waals surface area contributed by atoms with Gasteiger partial charge in [0.2, 0.25) is 0 Å². The van der Waals surface area contributed by atoms with E-state index in [0.29, 0.717) is 28.2 Å². The number of amides is 2. The van der Waals surface area contributed by atoms with Gasteiger partial charge < -0.3 is 14.3 Å². The zero-order chi connectivity index (χ0) is 22.2. The first-order valence-electron chi connectivity index (χ1n) is 9.26. The van der Waals surface area contributed by atoms with Crippen molar-refractivity contribution in [3.8, 4) is 17.4 Å². The molecule has 0 aliphatic carbocycles. The molecule has 3 rings (SSSR count). The molecule has 0 bridgehead atoms. The number of carbonyl (C=O) groups excluding carboxylic acids is 3. The van der Waals surface area contributed by atoms with Crippen molar-refractivity contribution in [2.45, 2.75) is 26.7 Å². The van der Waals surface area contributed by atoms with Gasteiger partial charge in [0.05, 0.1) is 5.97 Å². The van der Waals surface area contributed by atoms with Crippen LogP contribution in [0.15, 0.2) is 51.5 Å². The second-order valence-corrected chi connectivity index (χ2v) is 7.29. The molecule has 0 N–H and O–H groups in total. The fraction of sp³-hybridized carbons (Fsp3) is 0.217. The van der Waals surface area contributed by atoms with Gasteiger partial charge >= 0.3 is 0 Å². The molecule has 1 aromatic heterocycles. The highest BCUT2D eigenvalue weighted by molar-refractivity contribution is 6.19. The van der Waals surface area contributed by atoms with Crippen molar-refractivity contribution < 1.29 is 23.9 Å². The molecule has 0 atom stereocenters. The fourth-order valence-electron chi connectivity index (χ4n) is 3.31. The average Bonchev–Trinajstić information content (AvgIpc) is 3.18. The third kappa shape index (κ3) is 3.55. The van der Waals surface area contributed by atoms with Crippen molar-refractivity contribution in [1.82, 2.24) is 4.90 Å². The van der Waals surface area contributed by atoms with Crippen LogP contribution in [0.5, 0.6) is 0 Å². The summed E-state index contributed by atoms with van der Waals surface area (Å²) in [4.78, 5) is 36.8. The van der Waals surface area contributed by atoms with Crippen LogP contribution in [-0.2, 0) is 9.59 Å². The van der Waals surface area contributed by atoms with Crippen LogP contribution in [0.1, 0.15) is 48.4 Å². The molecule has 0 fully saturated rings. The van der Waals surface area contributed by atoms with Gasteiger partial charge in [0, 0.05) is 23.7 Å². The maximum atomic E-state index is 12.5. The summed E-state index contributed by atoms with van der Waals surface area (Å²) >= 11 is 0. The van der Waals surface area contributed by atoms with Crippen LogP contribution in [0, 0.1) is 11.3 Å². The van der Waals surface area contributed by atoms with Crippen LogP contribution in [0.3, 0.4) is 0 Å². The van der Waals surface area contributed by atoms with Crippen molar-refractivity contribution in [3.63, 3.8) is 0 Å². The largest absolute Gasteiger partial charge is 0.545 e. The van der Waals surface area contributed by atoms with Crippen LogP contribution in [-0.4, -0.2) is 29.7 Å². The number of nitriles is 1. The summed E-state index contributed by atoms with van der Waals surface area (Å²) in [6, 6.07) is 10.1. The van der Waals surface area contributed by atoms with Gasteiger partial charge in [-0.25, -0.2) is 0 Å². The zero-order valence-electron chi connectivity index (χ0n) is 17.0. The van der Waals surface area contributed by atoms with Gasteiger partial charge in [-0.2, -0.15) is 5.26 Å². The molecule has 0 saturated carbocycles. The number of carboxylic acids is 1. The summed E-state index contributed by atoms with van der Waals surface area (Å²) in [6.07, 6.45) is 1.49. The molecule has 1 aliphatic heterocycles. The van der Waals surface area contributed by atoms with Gasteiger partial charge in [0.1, 0.15) is 23.2 Å². The normalized spacial score (nSPS) is 15.9. The lowest BCUT2D eigenvalue weighted by Crippen LogP contribution is -2.39. The molecule has 2 aromatic rings. The summed E-state index contributed by atoms with van der Waals surface area (Å²) in [5, 5.41) is 20.6. The summed E-state index contributed by atoms with van der Waals surface area (Å²) in [5.74, 6) is -1.56. The van der Waals surface area contributed by atoms with E-state index in [0.717, 1.165) is 4.90 Å². The standard InChI is InChI=1S/C23H20N2O5/c1-12(2)17-9-14(5-7-16(17)23(28)29)20-8-6-15(30-20)10-18-13(3)19(11-24)22(27)25(4)21(18)26/h5-10,12H,1-4H3,(H,28,29)/p-1/b18-10-. The van der Waals surface area contributed by atoms with Crippen molar-refractivity contribution in [2.24, 2.45) is 0 Å². The SMILES string of the molecule is CC1=C(C#N)C(=O)N(C)C(=O)/C1=C\c1ccc(-c2ccc(C(=O)[O-])c(C(C)C)c2)o1. The number of imide groups is 1. The number of nitrogens with zero attached hydrogens (tertiary/aromatic N) is 2. The molecule has 0 unspecified atom stereocenters. The Morgan fingerprint density at radius 3 is 2.50 bits per heavy atom. The molecule has 0 radical (unpaired) electrons. The van der Waals surface area contributed by atoms with Crippen molar-refractivity contribution in [2.75, 3.05) is 7.05 Å². The molecule has 7 nitrogen and oxygen atoms in total. The first kappa shape index (κ1) is 20.8. The Hall–Kier alpha value is -3.92. The number of carbonyl (C=O) groups is 3. The Bertz CT molecular complexity index is 1170. The Balaban J connectivity index is 2.03. The van der Waals surface area contributed by atoms with Crippen LogP contribution in [0.4, 0.5) is 0 Å². The highest BCUT2D eigenvalue weighted by Gasteiger charge is 2.33. The van der Waals surface area contributed by atoms with E-state index in [1.54, 1.807) is 31.2 Å². The summed E-state index contributed by atoms with van der Waals surface area (Å²) in [6.45, 7) is 5.32. The highest BCUT2D eigenvalue weighted by atomic mass is 16.4. The number of aromatic carboxylic acids is 1. The first-order chi connectivity index (χ1) is 14.1. The minimum atomic E-state index is -1.24. The minimum absolute atomic E-state index is 0.0282. The molecule has 2 heterocycles. The molecule has 1 aliphatic rings. The van der Waals surface area contributed by atoms with Crippen LogP contribution >= 0.6 is 0 Å². The number of carboxylic acid groups (broad SMARTS) is 1. The van der Waals surface area contributed by atoms with E-state index in [1.165, 1.54) is 19.2 Å². The van der Waals surface area contributed by atoms with Gasteiger partial charge in [-0.15, -0.1) is 0 Å². The lowest BCUT2D eigenvalue weighted by atomic mass is 9.94. The Morgan fingerprint density at radius 1 is 1.20 bits per heavy atom. The minimum Gasteiger partial charge on any atom is -0.545 e. The molecule has 0 spiro atoms. The van der Waals surface area contributed by atoms with Gasteiger partial charge in [-0.1, -0.05) is 26.0 Å². The Morgan fingerprint density at radius 2 is 1.90 bits per heavy atom. The molecular formula is C23H19N2O5-. The molecule has 1 aromatic carbocycles. The third-order valence-electron chi connectivity index (χ3n) is 5.04. The third-order valence-corrected chi connectivity index (χ3v) is 5.04. The Kier molecular flexibility index (Phi) is 5.43. The van der Waals surface area contributed by atoms with Crippen LogP contribution in [0.2, 0.25) is 0 Å². The highest BCUT2D eigenvalue weighted by Crippen LogP contribution is 2.31. The maximum Gasteiger partial charge on any atom is 0.271 e. The Labute approximate surface area is 173 Å². The quantitative estimate of drug-likeness (QED) is 0.573. The monoisotopic (exact) mass is 403 g/mol. The zero-order valence-corrected chi connectivity index (χ0v) is 17.0. The van der Waals surface area contributed by atoms with Crippen molar-refractivity contribution in [3.05, 3.63) is 63.9 Å². The van der Waals surface area contributed by atoms with E-state index in [1.807, 2.05) is 19.9 Å². The summed E-state index contributed by atoms with van der Waals surface area (Å²) in [7, 11) is 1.32. The average molecular weight is 403 g/mol. The van der Waals surface area contributed by atoms with E-state index >= 15 is 0 Å². The first-order valence-corrected chi connectivity index (χ1v) is 9.26.